The number of carbonyl (C=O) groups is 3. The first-order chi connectivity index (χ1) is 13.0. The summed E-state index contributed by atoms with van der Waals surface area (Å²) in [4.78, 5) is 42.2. The maximum atomic E-state index is 13.0. The van der Waals surface area contributed by atoms with Crippen molar-refractivity contribution in [1.82, 2.24) is 10.2 Å². The van der Waals surface area contributed by atoms with Crippen LogP contribution in [0.3, 0.4) is 0 Å². The van der Waals surface area contributed by atoms with E-state index in [1.54, 1.807) is 12.1 Å². The van der Waals surface area contributed by atoms with Crippen molar-refractivity contribution in [1.29, 1.82) is 0 Å². The first-order valence-electron chi connectivity index (χ1n) is 9.22. The lowest BCUT2D eigenvalue weighted by molar-refractivity contribution is -0.428. The van der Waals surface area contributed by atoms with E-state index >= 15 is 0 Å². The molecule has 1 heterocycles. The molecular formula is C19H24FN4O3+. The second-order valence-electron chi connectivity index (χ2n) is 7.05. The zero-order valence-electron chi connectivity index (χ0n) is 15.1. The first kappa shape index (κ1) is 19.2. The Kier molecular flexibility index (Phi) is 5.95. The topological polar surface area (TPSA) is 106 Å². The fraction of sp³-hybridized carbons (Fsp3) is 0.474. The summed E-state index contributed by atoms with van der Waals surface area (Å²) in [6.45, 7) is 0.106. The molecule has 8 heteroatoms. The van der Waals surface area contributed by atoms with Crippen LogP contribution in [0.5, 0.6) is 0 Å². The molecule has 0 unspecified atom stereocenters. The van der Waals surface area contributed by atoms with Crippen LogP contribution in [0.15, 0.2) is 29.3 Å². The number of halogens is 1. The molecule has 1 aromatic carbocycles. The van der Waals surface area contributed by atoms with Gasteiger partial charge in [0.05, 0.1) is 0 Å². The van der Waals surface area contributed by atoms with Crippen LogP contribution in [0.2, 0.25) is 0 Å². The summed E-state index contributed by atoms with van der Waals surface area (Å²) in [5, 5.41) is 2.21. The van der Waals surface area contributed by atoms with Crippen LogP contribution in [0, 0.1) is 11.7 Å². The number of benzene rings is 1. The molecule has 0 aromatic heterocycles. The Hall–Kier alpha value is -2.61. The fourth-order valence-electron chi connectivity index (χ4n) is 3.45. The predicted octanol–water partition coefficient (Wildman–Crippen LogP) is 0.687. The normalized spacial score (nSPS) is 26.5. The number of aliphatic imine (C=N–C) groups is 1. The van der Waals surface area contributed by atoms with E-state index in [4.69, 9.17) is 0 Å². The van der Waals surface area contributed by atoms with Crippen molar-refractivity contribution < 1.29 is 24.5 Å². The highest BCUT2D eigenvalue weighted by atomic mass is 19.1. The summed E-state index contributed by atoms with van der Waals surface area (Å²) in [5.74, 6) is -2.68. The molecule has 4 N–H and O–H groups in total. The van der Waals surface area contributed by atoms with E-state index in [1.807, 2.05) is 0 Å². The maximum Gasteiger partial charge on any atom is 0.330 e. The van der Waals surface area contributed by atoms with Crippen LogP contribution in [-0.2, 0) is 16.0 Å². The van der Waals surface area contributed by atoms with E-state index in [0.717, 1.165) is 36.1 Å². The summed E-state index contributed by atoms with van der Waals surface area (Å²) >= 11 is 0. The van der Waals surface area contributed by atoms with Crippen molar-refractivity contribution in [3.8, 4) is 0 Å². The molecule has 1 aliphatic heterocycles. The number of hydrogen-bond acceptors (Lipinski definition) is 4. The Balaban J connectivity index is 1.66. The number of nitrogens with one attached hydrogen (secondary N) is 1. The van der Waals surface area contributed by atoms with Crippen LogP contribution in [0.25, 0.3) is 0 Å². The lowest BCUT2D eigenvalue weighted by atomic mass is 9.91. The maximum absolute atomic E-state index is 13.0. The fourth-order valence-corrected chi connectivity index (χ4v) is 3.45. The highest BCUT2D eigenvalue weighted by molar-refractivity contribution is 6.23. The summed E-state index contributed by atoms with van der Waals surface area (Å²) in [6, 6.07) is 5.30. The van der Waals surface area contributed by atoms with Crippen LogP contribution >= 0.6 is 0 Å². The second-order valence-corrected chi connectivity index (χ2v) is 7.05. The number of rotatable bonds is 5. The highest BCUT2D eigenvalue weighted by Gasteiger charge is 2.39. The molecule has 1 aromatic rings. The third kappa shape index (κ3) is 4.57. The smallest absolute Gasteiger partial charge is 0.330 e. The number of barbiturate groups is 1. The summed E-state index contributed by atoms with van der Waals surface area (Å²) < 4.78 is 13.0. The molecule has 3 rings (SSSR count). The van der Waals surface area contributed by atoms with E-state index in [-0.39, 0.29) is 24.4 Å². The third-order valence-corrected chi connectivity index (χ3v) is 5.12. The van der Waals surface area contributed by atoms with Crippen molar-refractivity contribution in [3.63, 3.8) is 0 Å². The van der Waals surface area contributed by atoms with Crippen molar-refractivity contribution in [2.75, 3.05) is 6.54 Å². The zero-order valence-corrected chi connectivity index (χ0v) is 15.1. The summed E-state index contributed by atoms with van der Waals surface area (Å²) in [6.07, 6.45) is 5.79. The zero-order chi connectivity index (χ0) is 19.4. The SMILES string of the molecule is [NH3+][C@@H]1CCCC[C@@H]1N=C[C@@H]1C(=O)NC(=O)N(CCc2ccc(F)cc2)C1=O. The van der Waals surface area contributed by atoms with E-state index in [2.05, 4.69) is 16.0 Å². The van der Waals surface area contributed by atoms with Gasteiger partial charge in [0.1, 0.15) is 17.9 Å². The second kappa shape index (κ2) is 8.39. The number of hydrogen-bond donors (Lipinski definition) is 2. The van der Waals surface area contributed by atoms with Crippen molar-refractivity contribution in [2.45, 2.75) is 44.2 Å². The number of amides is 4. The van der Waals surface area contributed by atoms with Gasteiger partial charge in [-0.25, -0.2) is 9.18 Å². The van der Waals surface area contributed by atoms with Gasteiger partial charge in [0.15, 0.2) is 5.92 Å². The summed E-state index contributed by atoms with van der Waals surface area (Å²) in [7, 11) is 0. The molecule has 3 atom stereocenters. The average molecular weight is 375 g/mol. The molecule has 144 valence electrons. The predicted molar refractivity (Wildman–Crippen MR) is 96.3 cm³/mol. The molecule has 4 amide bonds. The van der Waals surface area contributed by atoms with Crippen LogP contribution in [0.1, 0.15) is 31.2 Å². The number of imide groups is 2. The van der Waals surface area contributed by atoms with Crippen molar-refractivity contribution in [3.05, 3.63) is 35.6 Å². The Bertz CT molecular complexity index is 750. The molecule has 7 nitrogen and oxygen atoms in total. The Morgan fingerprint density at radius 3 is 2.59 bits per heavy atom. The minimum Gasteiger partial charge on any atom is -0.353 e. The number of quaternary nitrogens is 1. The number of urea groups is 1. The largest absolute Gasteiger partial charge is 0.353 e. The average Bonchev–Trinajstić information content (AvgIpc) is 2.64. The van der Waals surface area contributed by atoms with Gasteiger partial charge in [-0.3, -0.25) is 24.8 Å². The molecule has 2 fully saturated rings. The number of nitrogens with zero attached hydrogens (tertiary/aromatic N) is 2. The van der Waals surface area contributed by atoms with Crippen molar-refractivity contribution >= 4 is 24.1 Å². The van der Waals surface area contributed by atoms with Gasteiger partial charge >= 0.3 is 6.03 Å². The van der Waals surface area contributed by atoms with Crippen molar-refractivity contribution in [2.24, 2.45) is 10.9 Å². The molecule has 1 aliphatic carbocycles. The Morgan fingerprint density at radius 1 is 1.19 bits per heavy atom. The third-order valence-electron chi connectivity index (χ3n) is 5.12. The van der Waals surface area contributed by atoms with E-state index < -0.39 is 23.8 Å². The van der Waals surface area contributed by atoms with Gasteiger partial charge in [-0.05, 0) is 37.0 Å². The molecular weight excluding hydrogens is 351 g/mol. The van der Waals surface area contributed by atoms with Gasteiger partial charge in [-0.15, -0.1) is 0 Å². The lowest BCUT2D eigenvalue weighted by Gasteiger charge is -2.29. The van der Waals surface area contributed by atoms with Crippen LogP contribution < -0.4 is 11.1 Å². The molecule has 0 radical (unpaired) electrons. The van der Waals surface area contributed by atoms with Gasteiger partial charge in [-0.2, -0.15) is 0 Å². The minimum absolute atomic E-state index is 0.00430. The molecule has 1 saturated carbocycles. The first-order valence-corrected chi connectivity index (χ1v) is 9.22. The molecule has 0 bridgehead atoms. The van der Waals surface area contributed by atoms with Gasteiger partial charge < -0.3 is 5.73 Å². The molecule has 0 spiro atoms. The highest BCUT2D eigenvalue weighted by Crippen LogP contribution is 2.19. The Labute approximate surface area is 156 Å². The molecule has 27 heavy (non-hydrogen) atoms. The van der Waals surface area contributed by atoms with E-state index in [9.17, 15) is 18.8 Å². The molecule has 1 saturated heterocycles. The van der Waals surface area contributed by atoms with Crippen LogP contribution in [-0.4, -0.2) is 47.6 Å². The minimum atomic E-state index is -1.11. The van der Waals surface area contributed by atoms with Crippen LogP contribution in [0.4, 0.5) is 9.18 Å². The monoisotopic (exact) mass is 375 g/mol. The standard InChI is InChI=1S/C19H23FN4O3/c20-13-7-5-12(6-8-13)9-10-24-18(26)14(17(25)23-19(24)27)11-22-16-4-2-1-3-15(16)21/h5-8,11,14-16H,1-4,9-10,21H2,(H,23,25,27)/p+1/t14-,15-,16+/m1/s1. The van der Waals surface area contributed by atoms with Gasteiger partial charge in [0, 0.05) is 19.2 Å². The Morgan fingerprint density at radius 2 is 1.89 bits per heavy atom. The summed E-state index contributed by atoms with van der Waals surface area (Å²) in [5.41, 5.74) is 4.88. The quantitative estimate of drug-likeness (QED) is 0.584. The number of carbonyl (C=O) groups excluding carboxylic acids is 3. The molecule has 2 aliphatic rings. The van der Waals surface area contributed by atoms with E-state index in [0.29, 0.717) is 6.42 Å². The van der Waals surface area contributed by atoms with E-state index in [1.165, 1.54) is 18.3 Å². The van der Waals surface area contributed by atoms with Gasteiger partial charge in [-0.1, -0.05) is 18.6 Å². The lowest BCUT2D eigenvalue weighted by Crippen LogP contribution is -2.66. The van der Waals surface area contributed by atoms with Gasteiger partial charge in [0.2, 0.25) is 11.8 Å². The van der Waals surface area contributed by atoms with Gasteiger partial charge in [0.25, 0.3) is 0 Å².